The maximum atomic E-state index is 12.2. The Hall–Kier alpha value is -1.43. The van der Waals surface area contributed by atoms with Gasteiger partial charge < -0.3 is 15.8 Å². The Morgan fingerprint density at radius 2 is 1.92 bits per heavy atom. The van der Waals surface area contributed by atoms with Gasteiger partial charge in [0.25, 0.3) is 0 Å². The van der Waals surface area contributed by atoms with E-state index in [1.165, 1.54) is 5.56 Å². The molecule has 1 heterocycles. The lowest BCUT2D eigenvalue weighted by atomic mass is 9.85. The van der Waals surface area contributed by atoms with Crippen molar-refractivity contribution in [2.75, 3.05) is 26.7 Å². The van der Waals surface area contributed by atoms with E-state index in [0.29, 0.717) is 24.8 Å². The quantitative estimate of drug-likeness (QED) is 0.796. The first-order valence-corrected chi connectivity index (χ1v) is 8.82. The van der Waals surface area contributed by atoms with E-state index in [4.69, 9.17) is 10.5 Å². The average molecular weight is 333 g/mol. The van der Waals surface area contributed by atoms with Gasteiger partial charge in [0.15, 0.2) is 0 Å². The van der Waals surface area contributed by atoms with Gasteiger partial charge in [0.05, 0.1) is 12.5 Å². The van der Waals surface area contributed by atoms with Crippen molar-refractivity contribution in [1.82, 2.24) is 10.2 Å². The van der Waals surface area contributed by atoms with Crippen LogP contribution >= 0.6 is 0 Å². The minimum atomic E-state index is -0.200. The van der Waals surface area contributed by atoms with Crippen LogP contribution in [0.25, 0.3) is 0 Å². The molecule has 1 aliphatic rings. The number of nitrogens with two attached hydrogens (primary N) is 1. The molecule has 1 amide bonds. The SMILES string of the molecule is COC(CN)CC(=O)NC1C(C)CN(Cc2ccccc2)CC1C. The molecule has 0 saturated carbocycles. The second-order valence-corrected chi connectivity index (χ2v) is 7.03. The van der Waals surface area contributed by atoms with E-state index < -0.39 is 0 Å². The number of methoxy groups -OCH3 is 1. The number of carbonyl (C=O) groups is 1. The summed E-state index contributed by atoms with van der Waals surface area (Å²) in [5.41, 5.74) is 6.94. The van der Waals surface area contributed by atoms with Crippen molar-refractivity contribution in [2.45, 2.75) is 39.0 Å². The van der Waals surface area contributed by atoms with Crippen LogP contribution in [0.2, 0.25) is 0 Å². The molecule has 134 valence electrons. The van der Waals surface area contributed by atoms with Crippen LogP contribution in [0.3, 0.4) is 0 Å². The molecule has 3 N–H and O–H groups in total. The van der Waals surface area contributed by atoms with E-state index in [1.54, 1.807) is 7.11 Å². The minimum Gasteiger partial charge on any atom is -0.380 e. The predicted molar refractivity (Wildman–Crippen MR) is 96.4 cm³/mol. The summed E-state index contributed by atoms with van der Waals surface area (Å²) in [6.45, 7) is 7.76. The highest BCUT2D eigenvalue weighted by Crippen LogP contribution is 2.23. The summed E-state index contributed by atoms with van der Waals surface area (Å²) >= 11 is 0. The number of nitrogens with one attached hydrogen (secondary N) is 1. The molecule has 2 rings (SSSR count). The fourth-order valence-electron chi connectivity index (χ4n) is 3.65. The zero-order valence-electron chi connectivity index (χ0n) is 15.1. The Bertz CT molecular complexity index is 493. The number of likely N-dealkylation sites (tertiary alicyclic amines) is 1. The van der Waals surface area contributed by atoms with Crippen molar-refractivity contribution in [3.05, 3.63) is 35.9 Å². The molecular formula is C19H31N3O2. The van der Waals surface area contributed by atoms with Gasteiger partial charge in [-0.1, -0.05) is 44.2 Å². The van der Waals surface area contributed by atoms with Crippen LogP contribution in [0.15, 0.2) is 30.3 Å². The lowest BCUT2D eigenvalue weighted by molar-refractivity contribution is -0.125. The zero-order chi connectivity index (χ0) is 17.5. The third-order valence-corrected chi connectivity index (χ3v) is 4.90. The van der Waals surface area contributed by atoms with E-state index in [1.807, 2.05) is 6.07 Å². The highest BCUT2D eigenvalue weighted by atomic mass is 16.5. The minimum absolute atomic E-state index is 0.0347. The zero-order valence-corrected chi connectivity index (χ0v) is 15.1. The Balaban J connectivity index is 1.87. The third-order valence-electron chi connectivity index (χ3n) is 4.90. The van der Waals surface area contributed by atoms with Gasteiger partial charge in [0, 0.05) is 39.3 Å². The molecule has 1 fully saturated rings. The highest BCUT2D eigenvalue weighted by Gasteiger charge is 2.33. The van der Waals surface area contributed by atoms with Crippen LogP contribution in [-0.2, 0) is 16.1 Å². The monoisotopic (exact) mass is 333 g/mol. The number of hydrogen-bond donors (Lipinski definition) is 2. The fourth-order valence-corrected chi connectivity index (χ4v) is 3.65. The first-order valence-electron chi connectivity index (χ1n) is 8.82. The van der Waals surface area contributed by atoms with Gasteiger partial charge in [0.2, 0.25) is 5.91 Å². The predicted octanol–water partition coefficient (Wildman–Crippen LogP) is 1.62. The maximum Gasteiger partial charge on any atom is 0.222 e. The van der Waals surface area contributed by atoms with Crippen molar-refractivity contribution < 1.29 is 9.53 Å². The Labute approximate surface area is 145 Å². The molecule has 0 radical (unpaired) electrons. The molecule has 1 saturated heterocycles. The van der Waals surface area contributed by atoms with E-state index in [2.05, 4.69) is 48.3 Å². The van der Waals surface area contributed by atoms with Crippen molar-refractivity contribution in [3.8, 4) is 0 Å². The van der Waals surface area contributed by atoms with Crippen LogP contribution < -0.4 is 11.1 Å². The summed E-state index contributed by atoms with van der Waals surface area (Å²) in [6.07, 6.45) is 0.130. The summed E-state index contributed by atoms with van der Waals surface area (Å²) in [7, 11) is 1.60. The van der Waals surface area contributed by atoms with Gasteiger partial charge in [0.1, 0.15) is 0 Å². The van der Waals surface area contributed by atoms with Crippen molar-refractivity contribution in [3.63, 3.8) is 0 Å². The normalized spacial score (nSPS) is 26.1. The maximum absolute atomic E-state index is 12.2. The number of ether oxygens (including phenoxy) is 1. The topological polar surface area (TPSA) is 67.6 Å². The molecule has 1 aromatic rings. The van der Waals surface area contributed by atoms with E-state index in [0.717, 1.165) is 19.6 Å². The number of rotatable bonds is 7. The number of piperidine rings is 1. The number of hydrogen-bond acceptors (Lipinski definition) is 4. The van der Waals surface area contributed by atoms with E-state index >= 15 is 0 Å². The van der Waals surface area contributed by atoms with Crippen LogP contribution in [0.1, 0.15) is 25.8 Å². The number of benzene rings is 1. The first kappa shape index (κ1) is 18.9. The number of carbonyl (C=O) groups excluding carboxylic acids is 1. The first-order chi connectivity index (χ1) is 11.5. The second-order valence-electron chi connectivity index (χ2n) is 7.03. The largest absolute Gasteiger partial charge is 0.380 e. The van der Waals surface area contributed by atoms with Crippen LogP contribution in [0, 0.1) is 11.8 Å². The molecule has 24 heavy (non-hydrogen) atoms. The second kappa shape index (κ2) is 9.16. The molecule has 0 aliphatic carbocycles. The van der Waals surface area contributed by atoms with Gasteiger partial charge in [-0.15, -0.1) is 0 Å². The van der Waals surface area contributed by atoms with Gasteiger partial charge in [-0.3, -0.25) is 9.69 Å². The molecule has 5 heteroatoms. The summed E-state index contributed by atoms with van der Waals surface area (Å²) in [4.78, 5) is 14.7. The van der Waals surface area contributed by atoms with E-state index in [-0.39, 0.29) is 18.1 Å². The van der Waals surface area contributed by atoms with Crippen molar-refractivity contribution in [1.29, 1.82) is 0 Å². The van der Waals surface area contributed by atoms with Gasteiger partial charge in [-0.2, -0.15) is 0 Å². The van der Waals surface area contributed by atoms with Crippen molar-refractivity contribution in [2.24, 2.45) is 17.6 Å². The fraction of sp³-hybridized carbons (Fsp3) is 0.632. The Morgan fingerprint density at radius 3 is 2.46 bits per heavy atom. The summed E-state index contributed by atoms with van der Waals surface area (Å²) in [6, 6.07) is 10.8. The Kier molecular flexibility index (Phi) is 7.21. The molecule has 0 spiro atoms. The van der Waals surface area contributed by atoms with Gasteiger partial charge >= 0.3 is 0 Å². The molecule has 3 unspecified atom stereocenters. The summed E-state index contributed by atoms with van der Waals surface area (Å²) in [5.74, 6) is 0.869. The van der Waals surface area contributed by atoms with Crippen LogP contribution in [-0.4, -0.2) is 49.7 Å². The molecule has 1 aliphatic heterocycles. The van der Waals surface area contributed by atoms with Crippen molar-refractivity contribution >= 4 is 5.91 Å². The lowest BCUT2D eigenvalue weighted by Crippen LogP contribution is -2.55. The average Bonchev–Trinajstić information content (AvgIpc) is 2.57. The lowest BCUT2D eigenvalue weighted by Gasteiger charge is -2.42. The summed E-state index contributed by atoms with van der Waals surface area (Å²) < 4.78 is 5.20. The van der Waals surface area contributed by atoms with Crippen LogP contribution in [0.4, 0.5) is 0 Å². The number of amides is 1. The van der Waals surface area contributed by atoms with E-state index in [9.17, 15) is 4.79 Å². The number of nitrogens with zero attached hydrogens (tertiary/aromatic N) is 1. The third kappa shape index (κ3) is 5.30. The van der Waals surface area contributed by atoms with Gasteiger partial charge in [-0.25, -0.2) is 0 Å². The molecule has 3 atom stereocenters. The molecule has 5 nitrogen and oxygen atoms in total. The summed E-state index contributed by atoms with van der Waals surface area (Å²) in [5, 5.41) is 3.20. The molecular weight excluding hydrogens is 302 g/mol. The van der Waals surface area contributed by atoms with Crippen LogP contribution in [0.5, 0.6) is 0 Å². The Morgan fingerprint density at radius 1 is 1.29 bits per heavy atom. The molecule has 0 aromatic heterocycles. The molecule has 0 bridgehead atoms. The molecule has 1 aromatic carbocycles. The smallest absolute Gasteiger partial charge is 0.222 e. The van der Waals surface area contributed by atoms with Gasteiger partial charge in [-0.05, 0) is 17.4 Å². The highest BCUT2D eigenvalue weighted by molar-refractivity contribution is 5.76. The standard InChI is InChI=1S/C19H31N3O2/c1-14-11-22(13-16-7-5-4-6-8-16)12-15(2)19(14)21-18(23)9-17(10-20)24-3/h4-8,14-15,17,19H,9-13,20H2,1-3H3,(H,21,23).